The van der Waals surface area contributed by atoms with E-state index in [2.05, 4.69) is 5.32 Å². The molecular weight excluding hydrogens is 385 g/mol. The quantitative estimate of drug-likeness (QED) is 0.439. The molecule has 10 nitrogen and oxygen atoms in total. The molecule has 1 aromatic carbocycles. The summed E-state index contributed by atoms with van der Waals surface area (Å²) in [5.74, 6) is -3.71. The molecule has 2 rings (SSSR count). The zero-order valence-electron chi connectivity index (χ0n) is 12.5. The minimum absolute atomic E-state index is 0.00172. The van der Waals surface area contributed by atoms with Crippen LogP contribution >= 0.6 is 0 Å². The van der Waals surface area contributed by atoms with Crippen LogP contribution in [0.1, 0.15) is 0 Å². The van der Waals surface area contributed by atoms with E-state index in [-0.39, 0.29) is 5.69 Å². The fourth-order valence-electron chi connectivity index (χ4n) is 1.90. The molecule has 2 atom stereocenters. The lowest BCUT2D eigenvalue weighted by molar-refractivity contribution is -0.138. The van der Waals surface area contributed by atoms with E-state index in [1.807, 2.05) is 5.32 Å². The van der Waals surface area contributed by atoms with Crippen molar-refractivity contribution < 1.29 is 41.1 Å². The van der Waals surface area contributed by atoms with Gasteiger partial charge in [0.15, 0.2) is 5.92 Å². The largest absolute Gasteiger partial charge is 0.516 e. The number of urea groups is 1. The average Bonchev–Trinajstić information content (AvgIpc) is 2.46. The van der Waals surface area contributed by atoms with Gasteiger partial charge in [-0.25, -0.2) is 4.79 Å². The molecule has 1 saturated heterocycles. The number of carbonyl (C=O) groups excluding carboxylic acids is 3. The second-order valence-electron chi connectivity index (χ2n) is 5.00. The molecule has 1 aromatic rings. The molecule has 0 bridgehead atoms. The number of benzene rings is 1. The molecule has 0 aliphatic carbocycles. The number of alkyl halides is 3. The highest BCUT2D eigenvalue weighted by Crippen LogP contribution is 2.26. The van der Waals surface area contributed by atoms with Gasteiger partial charge in [-0.2, -0.15) is 21.6 Å². The van der Waals surface area contributed by atoms with Crippen molar-refractivity contribution in [1.82, 2.24) is 10.6 Å². The van der Waals surface area contributed by atoms with E-state index in [0.717, 1.165) is 24.3 Å². The first kappa shape index (κ1) is 19.5. The van der Waals surface area contributed by atoms with Gasteiger partial charge in [0.2, 0.25) is 11.8 Å². The predicted octanol–water partition coefficient (Wildman–Crippen LogP) is -0.339. The highest BCUT2D eigenvalue weighted by atomic mass is 32.2. The number of sulfonamides is 1. The molecule has 0 aromatic heterocycles. The van der Waals surface area contributed by atoms with Gasteiger partial charge in [0.1, 0.15) is 6.23 Å². The fourth-order valence-corrected chi connectivity index (χ4v) is 2.47. The Kier molecular flexibility index (Phi) is 5.09. The number of amides is 4. The Hall–Kier alpha value is -2.87. The second kappa shape index (κ2) is 6.80. The minimum Gasteiger partial charge on any atom is -0.372 e. The summed E-state index contributed by atoms with van der Waals surface area (Å²) in [6.45, 7) is 0. The maximum Gasteiger partial charge on any atom is 0.516 e. The second-order valence-corrected chi connectivity index (χ2v) is 6.68. The molecule has 0 saturated carbocycles. The SMILES string of the molecule is O=C1NC(=O)C(C(=O)Nc2ccc(NS(=O)(=O)C(F)(F)F)cc2)C(O)N1. The number of aliphatic hydroxyl groups excluding tert-OH is 1. The Morgan fingerprint density at radius 2 is 1.65 bits per heavy atom. The Morgan fingerprint density at radius 1 is 1.12 bits per heavy atom. The van der Waals surface area contributed by atoms with Crippen LogP contribution in [-0.4, -0.2) is 43.1 Å². The first-order chi connectivity index (χ1) is 11.9. The van der Waals surface area contributed by atoms with E-state index in [1.165, 1.54) is 4.72 Å². The summed E-state index contributed by atoms with van der Waals surface area (Å²) >= 11 is 0. The van der Waals surface area contributed by atoms with Crippen molar-refractivity contribution in [3.05, 3.63) is 24.3 Å². The van der Waals surface area contributed by atoms with Gasteiger partial charge >= 0.3 is 21.6 Å². The van der Waals surface area contributed by atoms with Crippen molar-refractivity contribution in [1.29, 1.82) is 0 Å². The lowest BCUT2D eigenvalue weighted by Crippen LogP contribution is -2.61. The molecule has 14 heteroatoms. The lowest BCUT2D eigenvalue weighted by atomic mass is 10.0. The monoisotopic (exact) mass is 396 g/mol. The highest BCUT2D eigenvalue weighted by Gasteiger charge is 2.46. The van der Waals surface area contributed by atoms with E-state index < -0.39 is 51.2 Å². The molecule has 5 N–H and O–H groups in total. The first-order valence-electron chi connectivity index (χ1n) is 6.70. The van der Waals surface area contributed by atoms with E-state index in [0.29, 0.717) is 0 Å². The molecule has 0 spiro atoms. The number of imide groups is 1. The van der Waals surface area contributed by atoms with Crippen LogP contribution in [0.2, 0.25) is 0 Å². The van der Waals surface area contributed by atoms with Crippen molar-refractivity contribution in [2.45, 2.75) is 11.7 Å². The summed E-state index contributed by atoms with van der Waals surface area (Å²) in [4.78, 5) is 34.5. The smallest absolute Gasteiger partial charge is 0.372 e. The third kappa shape index (κ3) is 4.20. The number of hydrogen-bond donors (Lipinski definition) is 5. The maximum absolute atomic E-state index is 12.3. The summed E-state index contributed by atoms with van der Waals surface area (Å²) < 4.78 is 60.1. The van der Waals surface area contributed by atoms with E-state index in [9.17, 15) is 41.1 Å². The highest BCUT2D eigenvalue weighted by molar-refractivity contribution is 7.93. The summed E-state index contributed by atoms with van der Waals surface area (Å²) in [5, 5.41) is 15.5. The molecular formula is C12H11F3N4O6S. The van der Waals surface area contributed by atoms with Crippen molar-refractivity contribution in [3.63, 3.8) is 0 Å². The molecule has 4 amide bonds. The normalized spacial score (nSPS) is 20.8. The van der Waals surface area contributed by atoms with Crippen molar-refractivity contribution in [2.24, 2.45) is 5.92 Å². The van der Waals surface area contributed by atoms with Gasteiger partial charge in [0, 0.05) is 11.4 Å². The first-order valence-corrected chi connectivity index (χ1v) is 8.18. The Bertz CT molecular complexity index is 840. The van der Waals surface area contributed by atoms with E-state index >= 15 is 0 Å². The molecule has 1 heterocycles. The van der Waals surface area contributed by atoms with Gasteiger partial charge in [0.05, 0.1) is 0 Å². The van der Waals surface area contributed by atoms with Gasteiger partial charge < -0.3 is 15.7 Å². The summed E-state index contributed by atoms with van der Waals surface area (Å²) in [6.07, 6.45) is -1.77. The fraction of sp³-hybridized carbons (Fsp3) is 0.250. The summed E-state index contributed by atoms with van der Waals surface area (Å²) in [7, 11) is -5.59. The van der Waals surface area contributed by atoms with E-state index in [4.69, 9.17) is 0 Å². The van der Waals surface area contributed by atoms with Crippen LogP contribution in [0.5, 0.6) is 0 Å². The van der Waals surface area contributed by atoms with Crippen molar-refractivity contribution in [2.75, 3.05) is 10.0 Å². The molecule has 142 valence electrons. The van der Waals surface area contributed by atoms with Crippen LogP contribution in [0.15, 0.2) is 24.3 Å². The minimum atomic E-state index is -5.59. The van der Waals surface area contributed by atoms with Crippen LogP contribution in [0, 0.1) is 5.92 Å². The third-order valence-electron chi connectivity index (χ3n) is 3.11. The molecule has 1 aliphatic rings. The zero-order chi connectivity index (χ0) is 19.7. The number of anilines is 2. The number of halogens is 3. The molecule has 26 heavy (non-hydrogen) atoms. The summed E-state index contributed by atoms with van der Waals surface area (Å²) in [5.41, 5.74) is -5.90. The lowest BCUT2D eigenvalue weighted by Gasteiger charge is -2.26. The number of rotatable bonds is 4. The number of hydrogen-bond acceptors (Lipinski definition) is 6. The van der Waals surface area contributed by atoms with Crippen molar-refractivity contribution >= 4 is 39.2 Å². The van der Waals surface area contributed by atoms with Crippen LogP contribution in [0.4, 0.5) is 29.3 Å². The van der Waals surface area contributed by atoms with Gasteiger partial charge in [-0.3, -0.25) is 19.6 Å². The van der Waals surface area contributed by atoms with Crippen LogP contribution in [-0.2, 0) is 19.6 Å². The van der Waals surface area contributed by atoms with Gasteiger partial charge in [-0.15, -0.1) is 0 Å². The van der Waals surface area contributed by atoms with Crippen LogP contribution < -0.4 is 20.7 Å². The zero-order valence-corrected chi connectivity index (χ0v) is 13.3. The molecule has 0 radical (unpaired) electrons. The standard InChI is InChI=1S/C12H11F3N4O6S/c13-12(14,15)26(24,25)19-6-3-1-5(2-4-6)16-8(20)7-9(21)17-11(23)18-10(7)22/h1-4,7,9,19,21H,(H,16,20)(H2,17,18,22,23). The predicted molar refractivity (Wildman–Crippen MR) is 79.8 cm³/mol. The molecule has 1 fully saturated rings. The topological polar surface area (TPSA) is 154 Å². The third-order valence-corrected chi connectivity index (χ3v) is 4.22. The average molecular weight is 396 g/mol. The molecule has 2 unspecified atom stereocenters. The van der Waals surface area contributed by atoms with Crippen LogP contribution in [0.25, 0.3) is 0 Å². The summed E-state index contributed by atoms with van der Waals surface area (Å²) in [6, 6.07) is 3.04. The van der Waals surface area contributed by atoms with Gasteiger partial charge in [0.25, 0.3) is 0 Å². The maximum atomic E-state index is 12.3. The number of nitrogens with one attached hydrogen (secondary N) is 4. The van der Waals surface area contributed by atoms with E-state index in [1.54, 1.807) is 5.32 Å². The van der Waals surface area contributed by atoms with Crippen molar-refractivity contribution in [3.8, 4) is 0 Å². The Balaban J connectivity index is 2.06. The number of aliphatic hydroxyl groups is 1. The Labute approximate surface area is 143 Å². The Morgan fingerprint density at radius 3 is 2.15 bits per heavy atom. The van der Waals surface area contributed by atoms with Gasteiger partial charge in [-0.05, 0) is 24.3 Å². The van der Waals surface area contributed by atoms with Gasteiger partial charge in [-0.1, -0.05) is 0 Å². The van der Waals surface area contributed by atoms with Crippen LogP contribution in [0.3, 0.4) is 0 Å². The molecule has 1 aliphatic heterocycles. The number of carbonyl (C=O) groups is 3.